The Balaban J connectivity index is 1.41. The number of thiophene rings is 1. The molecule has 1 N–H and O–H groups in total. The van der Waals surface area contributed by atoms with Crippen molar-refractivity contribution in [3.05, 3.63) is 22.4 Å². The zero-order valence-corrected chi connectivity index (χ0v) is 13.0. The Labute approximate surface area is 121 Å². The van der Waals surface area contributed by atoms with Crippen LogP contribution in [0.3, 0.4) is 0 Å². The lowest BCUT2D eigenvalue weighted by Crippen LogP contribution is -2.39. The zero-order valence-electron chi connectivity index (χ0n) is 12.1. The first-order valence-electron chi connectivity index (χ1n) is 7.72. The van der Waals surface area contributed by atoms with Gasteiger partial charge in [0.05, 0.1) is 0 Å². The average molecular weight is 278 g/mol. The summed E-state index contributed by atoms with van der Waals surface area (Å²) in [5, 5.41) is 6.01. The van der Waals surface area contributed by atoms with E-state index in [0.29, 0.717) is 6.04 Å². The Hall–Kier alpha value is -0.380. The predicted molar refractivity (Wildman–Crippen MR) is 82.6 cm³/mol. The summed E-state index contributed by atoms with van der Waals surface area (Å²) < 4.78 is 0. The second-order valence-corrected chi connectivity index (χ2v) is 7.31. The largest absolute Gasteiger partial charge is 0.312 e. The van der Waals surface area contributed by atoms with E-state index in [2.05, 4.69) is 41.7 Å². The average Bonchev–Trinajstić information content (AvgIpc) is 3.34. The van der Waals surface area contributed by atoms with Crippen LogP contribution < -0.4 is 5.32 Å². The van der Waals surface area contributed by atoms with Crippen LogP contribution in [0.25, 0.3) is 0 Å². The van der Waals surface area contributed by atoms with Crippen molar-refractivity contribution in [2.75, 3.05) is 20.1 Å². The lowest BCUT2D eigenvalue weighted by Gasteiger charge is -2.25. The Morgan fingerprint density at radius 3 is 2.53 bits per heavy atom. The predicted octanol–water partition coefficient (Wildman–Crippen LogP) is 3.52. The fourth-order valence-corrected chi connectivity index (χ4v) is 3.82. The van der Waals surface area contributed by atoms with E-state index in [1.165, 1.54) is 30.6 Å². The third-order valence-electron chi connectivity index (χ3n) is 4.72. The van der Waals surface area contributed by atoms with Gasteiger partial charge in [0, 0.05) is 30.1 Å². The van der Waals surface area contributed by atoms with Crippen molar-refractivity contribution in [2.45, 2.75) is 44.7 Å². The Bertz CT molecular complexity index is 369. The van der Waals surface area contributed by atoms with Crippen LogP contribution in [0.4, 0.5) is 0 Å². The van der Waals surface area contributed by atoms with E-state index < -0.39 is 0 Å². The molecule has 0 spiro atoms. The van der Waals surface area contributed by atoms with Crippen LogP contribution in [0.15, 0.2) is 17.5 Å². The van der Waals surface area contributed by atoms with Gasteiger partial charge in [0.15, 0.2) is 0 Å². The van der Waals surface area contributed by atoms with E-state index in [9.17, 15) is 0 Å². The minimum atomic E-state index is 0.544. The number of hydrogen-bond acceptors (Lipinski definition) is 3. The van der Waals surface area contributed by atoms with Gasteiger partial charge in [-0.1, -0.05) is 6.07 Å². The SMILES string of the molecule is CC(c1cccs1)N(C)CCNC(C1CC1)C1CC1. The van der Waals surface area contributed by atoms with Gasteiger partial charge in [0.25, 0.3) is 0 Å². The van der Waals surface area contributed by atoms with E-state index in [-0.39, 0.29) is 0 Å². The first-order valence-corrected chi connectivity index (χ1v) is 8.60. The highest BCUT2D eigenvalue weighted by atomic mass is 32.1. The molecule has 1 aromatic heterocycles. The molecule has 2 saturated carbocycles. The molecule has 0 bridgehead atoms. The number of rotatable bonds is 8. The second-order valence-electron chi connectivity index (χ2n) is 6.33. The minimum Gasteiger partial charge on any atom is -0.312 e. The molecule has 0 aromatic carbocycles. The van der Waals surface area contributed by atoms with E-state index in [1.807, 2.05) is 11.3 Å². The monoisotopic (exact) mass is 278 g/mol. The highest BCUT2D eigenvalue weighted by Crippen LogP contribution is 2.44. The normalized spacial score (nSPS) is 21.3. The summed E-state index contributed by atoms with van der Waals surface area (Å²) in [6, 6.07) is 5.78. The van der Waals surface area contributed by atoms with Crippen molar-refractivity contribution in [1.29, 1.82) is 0 Å². The molecule has 3 rings (SSSR count). The number of hydrogen-bond donors (Lipinski definition) is 1. The molecule has 19 heavy (non-hydrogen) atoms. The molecule has 2 aliphatic carbocycles. The lowest BCUT2D eigenvalue weighted by molar-refractivity contribution is 0.255. The van der Waals surface area contributed by atoms with Gasteiger partial charge in [-0.25, -0.2) is 0 Å². The molecular weight excluding hydrogens is 252 g/mol. The molecule has 2 fully saturated rings. The summed E-state index contributed by atoms with van der Waals surface area (Å²) in [5.74, 6) is 2.01. The summed E-state index contributed by atoms with van der Waals surface area (Å²) >= 11 is 1.87. The molecule has 0 saturated heterocycles. The molecule has 0 radical (unpaired) electrons. The van der Waals surface area contributed by atoms with Crippen LogP contribution in [-0.2, 0) is 0 Å². The second kappa shape index (κ2) is 5.94. The third-order valence-corrected chi connectivity index (χ3v) is 5.76. The van der Waals surface area contributed by atoms with Gasteiger partial charge in [0.1, 0.15) is 0 Å². The fraction of sp³-hybridized carbons (Fsp3) is 0.750. The number of nitrogens with one attached hydrogen (secondary N) is 1. The maximum Gasteiger partial charge on any atom is 0.0410 e. The van der Waals surface area contributed by atoms with Crippen LogP contribution in [0.5, 0.6) is 0 Å². The fourth-order valence-electron chi connectivity index (χ4n) is 2.98. The summed E-state index contributed by atoms with van der Waals surface area (Å²) in [5.41, 5.74) is 0. The zero-order chi connectivity index (χ0) is 13.2. The van der Waals surface area contributed by atoms with Crippen molar-refractivity contribution in [2.24, 2.45) is 11.8 Å². The van der Waals surface area contributed by atoms with Crippen LogP contribution in [0, 0.1) is 11.8 Å². The van der Waals surface area contributed by atoms with Crippen LogP contribution >= 0.6 is 11.3 Å². The molecule has 0 aliphatic heterocycles. The third kappa shape index (κ3) is 3.59. The molecule has 0 amide bonds. The topological polar surface area (TPSA) is 15.3 Å². The molecule has 2 nitrogen and oxygen atoms in total. The Morgan fingerprint density at radius 2 is 2.00 bits per heavy atom. The lowest BCUT2D eigenvalue weighted by atomic mass is 10.1. The van der Waals surface area contributed by atoms with Crippen molar-refractivity contribution in [3.8, 4) is 0 Å². The van der Waals surface area contributed by atoms with Gasteiger partial charge >= 0.3 is 0 Å². The number of likely N-dealkylation sites (N-methyl/N-ethyl adjacent to an activating group) is 1. The van der Waals surface area contributed by atoms with E-state index in [4.69, 9.17) is 0 Å². The molecule has 106 valence electrons. The molecular formula is C16H26N2S. The van der Waals surface area contributed by atoms with Crippen molar-refractivity contribution in [1.82, 2.24) is 10.2 Å². The molecule has 1 aromatic rings. The minimum absolute atomic E-state index is 0.544. The number of nitrogens with zero attached hydrogens (tertiary/aromatic N) is 1. The van der Waals surface area contributed by atoms with E-state index >= 15 is 0 Å². The first-order chi connectivity index (χ1) is 9.25. The van der Waals surface area contributed by atoms with Gasteiger partial charge in [-0.15, -0.1) is 11.3 Å². The smallest absolute Gasteiger partial charge is 0.0410 e. The quantitative estimate of drug-likeness (QED) is 0.783. The highest BCUT2D eigenvalue weighted by Gasteiger charge is 2.40. The molecule has 2 aliphatic rings. The van der Waals surface area contributed by atoms with E-state index in [0.717, 1.165) is 31.0 Å². The van der Waals surface area contributed by atoms with Crippen molar-refractivity contribution >= 4 is 11.3 Å². The molecule has 1 atom stereocenters. The van der Waals surface area contributed by atoms with Crippen LogP contribution in [0.1, 0.15) is 43.5 Å². The maximum atomic E-state index is 3.84. The van der Waals surface area contributed by atoms with Crippen molar-refractivity contribution < 1.29 is 0 Å². The van der Waals surface area contributed by atoms with Gasteiger partial charge in [-0.05, 0) is 62.9 Å². The molecule has 3 heteroatoms. The van der Waals surface area contributed by atoms with Gasteiger partial charge in [-0.2, -0.15) is 0 Å². The highest BCUT2D eigenvalue weighted by molar-refractivity contribution is 7.10. The Kier molecular flexibility index (Phi) is 4.25. The van der Waals surface area contributed by atoms with Crippen LogP contribution in [-0.4, -0.2) is 31.1 Å². The van der Waals surface area contributed by atoms with E-state index in [1.54, 1.807) is 0 Å². The summed E-state index contributed by atoms with van der Waals surface area (Å²) in [6.07, 6.45) is 5.87. The first kappa shape index (κ1) is 13.6. The van der Waals surface area contributed by atoms with Crippen LogP contribution in [0.2, 0.25) is 0 Å². The van der Waals surface area contributed by atoms with Gasteiger partial charge < -0.3 is 5.32 Å². The molecule has 1 heterocycles. The summed E-state index contributed by atoms with van der Waals surface area (Å²) in [4.78, 5) is 3.94. The van der Waals surface area contributed by atoms with Gasteiger partial charge in [0.2, 0.25) is 0 Å². The van der Waals surface area contributed by atoms with Gasteiger partial charge in [-0.3, -0.25) is 4.90 Å². The standard InChI is InChI=1S/C16H26N2S/c1-12(15-4-3-11-19-15)18(2)10-9-17-16(13-5-6-13)14-7-8-14/h3-4,11-14,16-17H,5-10H2,1-2H3. The van der Waals surface area contributed by atoms with Crippen molar-refractivity contribution in [3.63, 3.8) is 0 Å². The summed E-state index contributed by atoms with van der Waals surface area (Å²) in [6.45, 7) is 4.60. The Morgan fingerprint density at radius 1 is 1.32 bits per heavy atom. The summed E-state index contributed by atoms with van der Waals surface area (Å²) in [7, 11) is 2.25. The molecule has 1 unspecified atom stereocenters. The maximum absolute atomic E-state index is 3.84.